The van der Waals surface area contributed by atoms with E-state index in [4.69, 9.17) is 4.74 Å². The molecular formula is C19H28N2O6S2. The van der Waals surface area contributed by atoms with E-state index in [9.17, 15) is 21.6 Å². The third-order valence-corrected chi connectivity index (χ3v) is 9.45. The first-order valence-corrected chi connectivity index (χ1v) is 13.1. The maximum atomic E-state index is 13.1. The summed E-state index contributed by atoms with van der Waals surface area (Å²) in [6.45, 7) is 0.892. The Morgan fingerprint density at radius 3 is 2.34 bits per heavy atom. The molecule has 29 heavy (non-hydrogen) atoms. The van der Waals surface area contributed by atoms with Crippen LogP contribution in [0.25, 0.3) is 0 Å². The third kappa shape index (κ3) is 4.29. The van der Waals surface area contributed by atoms with Crippen LogP contribution in [0.5, 0.6) is 5.75 Å². The van der Waals surface area contributed by atoms with Gasteiger partial charge in [-0.05, 0) is 50.3 Å². The molecule has 0 radical (unpaired) electrons. The van der Waals surface area contributed by atoms with Crippen LogP contribution in [0.4, 0.5) is 0 Å². The molecule has 1 saturated heterocycles. The molecule has 8 nitrogen and oxygen atoms in total. The Morgan fingerprint density at radius 1 is 1.10 bits per heavy atom. The molecule has 2 aliphatic rings. The molecule has 0 spiro atoms. The van der Waals surface area contributed by atoms with Crippen LogP contribution in [0, 0.1) is 0 Å². The molecule has 162 valence electrons. The van der Waals surface area contributed by atoms with Crippen molar-refractivity contribution in [3.63, 3.8) is 0 Å². The van der Waals surface area contributed by atoms with Gasteiger partial charge in [-0.15, -0.1) is 0 Å². The van der Waals surface area contributed by atoms with E-state index in [0.717, 1.165) is 19.3 Å². The van der Waals surface area contributed by atoms with E-state index in [1.54, 1.807) is 7.05 Å². The number of sulfone groups is 1. The number of nitrogens with zero attached hydrogens (tertiary/aromatic N) is 2. The van der Waals surface area contributed by atoms with Crippen LogP contribution in [-0.2, 0) is 19.9 Å². The summed E-state index contributed by atoms with van der Waals surface area (Å²) in [4.78, 5) is 14.5. The summed E-state index contributed by atoms with van der Waals surface area (Å²) in [7, 11) is -4.09. The molecule has 1 aromatic rings. The van der Waals surface area contributed by atoms with Crippen LogP contribution in [0.1, 0.15) is 42.5 Å². The summed E-state index contributed by atoms with van der Waals surface area (Å²) in [5.74, 6) is -0.211. The maximum absolute atomic E-state index is 13.1. The van der Waals surface area contributed by atoms with E-state index >= 15 is 0 Å². The van der Waals surface area contributed by atoms with Gasteiger partial charge in [0.25, 0.3) is 5.91 Å². The number of amides is 1. The van der Waals surface area contributed by atoms with Gasteiger partial charge in [-0.3, -0.25) is 4.79 Å². The second-order valence-electron chi connectivity index (χ2n) is 7.76. The highest BCUT2D eigenvalue weighted by molar-refractivity contribution is 7.91. The summed E-state index contributed by atoms with van der Waals surface area (Å²) in [6, 6.07) is 3.92. The van der Waals surface area contributed by atoms with Crippen molar-refractivity contribution in [2.45, 2.75) is 48.3 Å². The summed E-state index contributed by atoms with van der Waals surface area (Å²) >= 11 is 0. The largest absolute Gasteiger partial charge is 0.495 e. The molecule has 0 aromatic heterocycles. The van der Waals surface area contributed by atoms with Crippen molar-refractivity contribution >= 4 is 25.8 Å². The Bertz CT molecular complexity index is 984. The number of rotatable bonds is 6. The monoisotopic (exact) mass is 444 g/mol. The van der Waals surface area contributed by atoms with Crippen molar-refractivity contribution in [3.8, 4) is 5.75 Å². The third-order valence-electron chi connectivity index (χ3n) is 5.88. The minimum absolute atomic E-state index is 0.0350. The number of carbonyl (C=O) groups is 1. The van der Waals surface area contributed by atoms with Gasteiger partial charge in [-0.2, -0.15) is 4.31 Å². The van der Waals surface area contributed by atoms with Gasteiger partial charge >= 0.3 is 0 Å². The molecule has 1 amide bonds. The van der Waals surface area contributed by atoms with Crippen LogP contribution in [0.2, 0.25) is 0 Å². The van der Waals surface area contributed by atoms with E-state index < -0.39 is 37.1 Å². The van der Waals surface area contributed by atoms with Crippen LogP contribution in [0.15, 0.2) is 23.1 Å². The van der Waals surface area contributed by atoms with Gasteiger partial charge in [0.1, 0.15) is 10.6 Å². The lowest BCUT2D eigenvalue weighted by molar-refractivity contribution is 0.0737. The quantitative estimate of drug-likeness (QED) is 0.659. The number of hydrogen-bond acceptors (Lipinski definition) is 6. The summed E-state index contributed by atoms with van der Waals surface area (Å²) < 4.78 is 56.9. The van der Waals surface area contributed by atoms with Gasteiger partial charge in [0.15, 0.2) is 9.84 Å². The molecule has 1 aromatic carbocycles. The standard InChI is InChI=1S/C19H28N2O6S2/c1-20(15-7-6-8-17(15)28(3,23)24)19(22)14-9-10-16(27-2)18(13-14)29(25,26)21-11-4-5-12-21/h9-10,13,15,17H,4-8,11-12H2,1-3H3/t15-,17-/m0/s1. The number of benzene rings is 1. The zero-order valence-corrected chi connectivity index (χ0v) is 18.6. The topological polar surface area (TPSA) is 101 Å². The Balaban J connectivity index is 1.94. The van der Waals surface area contributed by atoms with E-state index in [1.165, 1.54) is 40.8 Å². The van der Waals surface area contributed by atoms with E-state index in [1.807, 2.05) is 0 Å². The minimum atomic E-state index is -3.77. The van der Waals surface area contributed by atoms with Crippen LogP contribution < -0.4 is 4.74 Å². The Labute approximate surface area is 172 Å². The van der Waals surface area contributed by atoms with Crippen LogP contribution in [-0.4, -0.2) is 76.7 Å². The van der Waals surface area contributed by atoms with Crippen molar-refractivity contribution in [1.29, 1.82) is 0 Å². The zero-order valence-electron chi connectivity index (χ0n) is 17.0. The number of carbonyl (C=O) groups excluding carboxylic acids is 1. The SMILES string of the molecule is COc1ccc(C(=O)N(C)[C@H]2CCC[C@@H]2S(C)(=O)=O)cc1S(=O)(=O)N1CCCC1. The highest BCUT2D eigenvalue weighted by Crippen LogP contribution is 2.32. The van der Waals surface area contributed by atoms with Gasteiger partial charge in [-0.25, -0.2) is 16.8 Å². The smallest absolute Gasteiger partial charge is 0.253 e. The second-order valence-corrected chi connectivity index (χ2v) is 11.9. The average Bonchev–Trinajstić information content (AvgIpc) is 3.37. The molecule has 1 saturated carbocycles. The molecule has 3 rings (SSSR count). The predicted octanol–water partition coefficient (Wildman–Crippen LogP) is 1.52. The maximum Gasteiger partial charge on any atom is 0.253 e. The average molecular weight is 445 g/mol. The Kier molecular flexibility index (Phi) is 6.26. The highest BCUT2D eigenvalue weighted by atomic mass is 32.2. The summed E-state index contributed by atoms with van der Waals surface area (Å²) in [6.07, 6.45) is 4.67. The lowest BCUT2D eigenvalue weighted by Gasteiger charge is -2.29. The summed E-state index contributed by atoms with van der Waals surface area (Å²) in [5.41, 5.74) is 0.199. The molecule has 10 heteroatoms. The van der Waals surface area contributed by atoms with E-state index in [-0.39, 0.29) is 16.2 Å². The van der Waals surface area contributed by atoms with Crippen molar-refractivity contribution in [1.82, 2.24) is 9.21 Å². The van der Waals surface area contributed by atoms with Crippen molar-refractivity contribution < 1.29 is 26.4 Å². The van der Waals surface area contributed by atoms with Gasteiger partial charge in [0.05, 0.1) is 12.4 Å². The number of ether oxygens (including phenoxy) is 1. The molecule has 0 N–H and O–H groups in total. The normalized spacial score (nSPS) is 23.3. The molecule has 2 fully saturated rings. The van der Waals surface area contributed by atoms with Gasteiger partial charge in [-0.1, -0.05) is 0 Å². The van der Waals surface area contributed by atoms with Crippen molar-refractivity contribution in [2.75, 3.05) is 33.5 Å². The minimum Gasteiger partial charge on any atom is -0.495 e. The van der Waals surface area contributed by atoms with Crippen molar-refractivity contribution in [2.24, 2.45) is 0 Å². The van der Waals surface area contributed by atoms with Gasteiger partial charge < -0.3 is 9.64 Å². The zero-order chi connectivity index (χ0) is 21.4. The fourth-order valence-corrected chi connectivity index (χ4v) is 7.46. The first kappa shape index (κ1) is 22.0. The Hall–Kier alpha value is -1.65. The van der Waals surface area contributed by atoms with Crippen LogP contribution >= 0.6 is 0 Å². The second kappa shape index (κ2) is 8.23. The molecule has 0 unspecified atom stereocenters. The molecular weight excluding hydrogens is 416 g/mol. The van der Waals surface area contributed by atoms with E-state index in [0.29, 0.717) is 25.9 Å². The lowest BCUT2D eigenvalue weighted by Crippen LogP contribution is -2.44. The fourth-order valence-electron chi connectivity index (χ4n) is 4.28. The molecule has 1 heterocycles. The van der Waals surface area contributed by atoms with Gasteiger partial charge in [0, 0.05) is 38.0 Å². The first-order chi connectivity index (χ1) is 13.6. The number of hydrogen-bond donors (Lipinski definition) is 0. The summed E-state index contributed by atoms with van der Waals surface area (Å²) in [5, 5.41) is -0.595. The molecule has 2 atom stereocenters. The molecule has 1 aliphatic carbocycles. The molecule has 1 aliphatic heterocycles. The lowest BCUT2D eigenvalue weighted by atomic mass is 10.1. The molecule has 0 bridgehead atoms. The van der Waals surface area contributed by atoms with Gasteiger partial charge in [0.2, 0.25) is 10.0 Å². The van der Waals surface area contributed by atoms with Crippen molar-refractivity contribution in [3.05, 3.63) is 23.8 Å². The number of sulfonamides is 1. The number of methoxy groups -OCH3 is 1. The first-order valence-electron chi connectivity index (χ1n) is 9.71. The fraction of sp³-hybridized carbons (Fsp3) is 0.632. The van der Waals surface area contributed by atoms with E-state index in [2.05, 4.69) is 0 Å². The van der Waals surface area contributed by atoms with Crippen LogP contribution in [0.3, 0.4) is 0 Å². The predicted molar refractivity (Wildman–Crippen MR) is 109 cm³/mol. The Morgan fingerprint density at radius 2 is 1.76 bits per heavy atom. The highest BCUT2D eigenvalue weighted by Gasteiger charge is 2.39.